The van der Waals surface area contributed by atoms with Crippen LogP contribution in [0.15, 0.2) is 57.9 Å². The SMILES string of the molecule is Cc1ccc(S(=O)(=O)N2CCN(C(=O)NCc3ccccc3Br)CC2)cc1. The Morgan fingerprint density at radius 1 is 1.04 bits per heavy atom. The number of benzene rings is 2. The van der Waals surface area contributed by atoms with Crippen LogP contribution in [0.1, 0.15) is 11.1 Å². The van der Waals surface area contributed by atoms with Crippen molar-refractivity contribution in [3.63, 3.8) is 0 Å². The van der Waals surface area contributed by atoms with Gasteiger partial charge in [0, 0.05) is 37.2 Å². The largest absolute Gasteiger partial charge is 0.334 e. The monoisotopic (exact) mass is 451 g/mol. The molecule has 2 aromatic carbocycles. The predicted molar refractivity (Wildman–Crippen MR) is 108 cm³/mol. The van der Waals surface area contributed by atoms with Crippen LogP contribution in [0.25, 0.3) is 0 Å². The molecule has 8 heteroatoms. The van der Waals surface area contributed by atoms with Gasteiger partial charge >= 0.3 is 6.03 Å². The topological polar surface area (TPSA) is 69.7 Å². The second kappa shape index (κ2) is 8.41. The number of aryl methyl sites for hydroxylation is 1. The molecule has 2 aromatic rings. The fraction of sp³-hybridized carbons (Fsp3) is 0.316. The summed E-state index contributed by atoms with van der Waals surface area (Å²) in [6.45, 7) is 3.65. The lowest BCUT2D eigenvalue weighted by Crippen LogP contribution is -2.52. The summed E-state index contributed by atoms with van der Waals surface area (Å²) < 4.78 is 27.8. The third kappa shape index (κ3) is 4.69. The maximum Gasteiger partial charge on any atom is 0.317 e. The van der Waals surface area contributed by atoms with Crippen molar-refractivity contribution in [3.8, 4) is 0 Å². The van der Waals surface area contributed by atoms with Crippen molar-refractivity contribution in [2.45, 2.75) is 18.4 Å². The van der Waals surface area contributed by atoms with Crippen LogP contribution in [0.4, 0.5) is 4.79 Å². The first-order chi connectivity index (χ1) is 12.9. The molecule has 27 heavy (non-hydrogen) atoms. The molecule has 1 aliphatic heterocycles. The number of sulfonamides is 1. The van der Waals surface area contributed by atoms with Crippen LogP contribution in [-0.4, -0.2) is 49.8 Å². The lowest BCUT2D eigenvalue weighted by Gasteiger charge is -2.34. The molecule has 0 saturated carbocycles. The van der Waals surface area contributed by atoms with Gasteiger partial charge in [-0.05, 0) is 30.7 Å². The molecular formula is C19H22BrN3O3S. The van der Waals surface area contributed by atoms with E-state index in [1.807, 2.05) is 31.2 Å². The number of nitrogens with one attached hydrogen (secondary N) is 1. The van der Waals surface area contributed by atoms with E-state index < -0.39 is 10.0 Å². The second-order valence-electron chi connectivity index (χ2n) is 6.45. The van der Waals surface area contributed by atoms with Crippen LogP contribution >= 0.6 is 15.9 Å². The Morgan fingerprint density at radius 2 is 1.67 bits per heavy atom. The third-order valence-electron chi connectivity index (χ3n) is 4.57. The van der Waals surface area contributed by atoms with E-state index in [9.17, 15) is 13.2 Å². The van der Waals surface area contributed by atoms with Gasteiger partial charge in [0.2, 0.25) is 10.0 Å². The first-order valence-electron chi connectivity index (χ1n) is 8.71. The van der Waals surface area contributed by atoms with Crippen molar-refractivity contribution in [1.29, 1.82) is 0 Å². The Kier molecular flexibility index (Phi) is 6.18. The molecule has 0 radical (unpaired) electrons. The maximum absolute atomic E-state index is 12.7. The number of urea groups is 1. The highest BCUT2D eigenvalue weighted by Crippen LogP contribution is 2.19. The normalized spacial score (nSPS) is 15.6. The molecular weight excluding hydrogens is 430 g/mol. The molecule has 6 nitrogen and oxygen atoms in total. The Hall–Kier alpha value is -1.90. The minimum atomic E-state index is -3.52. The van der Waals surface area contributed by atoms with Gasteiger partial charge in [0.1, 0.15) is 0 Å². The van der Waals surface area contributed by atoms with Crippen molar-refractivity contribution >= 4 is 32.0 Å². The standard InChI is InChI=1S/C19H22BrN3O3S/c1-15-6-8-17(9-7-15)27(25,26)23-12-10-22(11-13-23)19(24)21-14-16-4-2-3-5-18(16)20/h2-9H,10-14H2,1H3,(H,21,24). The lowest BCUT2D eigenvalue weighted by molar-refractivity contribution is 0.172. The fourth-order valence-electron chi connectivity index (χ4n) is 2.92. The molecule has 0 bridgehead atoms. The summed E-state index contributed by atoms with van der Waals surface area (Å²) >= 11 is 3.46. The van der Waals surface area contributed by atoms with E-state index >= 15 is 0 Å². The highest BCUT2D eigenvalue weighted by Gasteiger charge is 2.30. The Bertz CT molecular complexity index is 908. The lowest BCUT2D eigenvalue weighted by atomic mass is 10.2. The summed E-state index contributed by atoms with van der Waals surface area (Å²) in [5.74, 6) is 0. The minimum absolute atomic E-state index is 0.182. The highest BCUT2D eigenvalue weighted by molar-refractivity contribution is 9.10. The van der Waals surface area contributed by atoms with E-state index in [1.54, 1.807) is 29.2 Å². The molecule has 1 saturated heterocycles. The predicted octanol–water partition coefficient (Wildman–Crippen LogP) is 2.97. The van der Waals surface area contributed by atoms with Crippen molar-refractivity contribution in [2.75, 3.05) is 26.2 Å². The van der Waals surface area contributed by atoms with Crippen LogP contribution in [-0.2, 0) is 16.6 Å². The van der Waals surface area contributed by atoms with Gasteiger partial charge < -0.3 is 10.2 Å². The van der Waals surface area contributed by atoms with Gasteiger partial charge in [0.15, 0.2) is 0 Å². The molecule has 1 heterocycles. The number of piperazine rings is 1. The summed E-state index contributed by atoms with van der Waals surface area (Å²) in [6, 6.07) is 14.4. The molecule has 0 spiro atoms. The van der Waals surface area contributed by atoms with E-state index in [1.165, 1.54) is 4.31 Å². The van der Waals surface area contributed by atoms with E-state index in [2.05, 4.69) is 21.2 Å². The average molecular weight is 452 g/mol. The van der Waals surface area contributed by atoms with Gasteiger partial charge in [-0.3, -0.25) is 0 Å². The number of halogens is 1. The third-order valence-corrected chi connectivity index (χ3v) is 7.26. The summed E-state index contributed by atoms with van der Waals surface area (Å²) in [5, 5.41) is 2.89. The van der Waals surface area contributed by atoms with Gasteiger partial charge in [-0.25, -0.2) is 13.2 Å². The number of nitrogens with zero attached hydrogens (tertiary/aromatic N) is 2. The minimum Gasteiger partial charge on any atom is -0.334 e. The van der Waals surface area contributed by atoms with E-state index in [0.29, 0.717) is 37.6 Å². The molecule has 1 aliphatic rings. The van der Waals surface area contributed by atoms with Crippen LogP contribution < -0.4 is 5.32 Å². The van der Waals surface area contributed by atoms with Crippen molar-refractivity contribution < 1.29 is 13.2 Å². The highest BCUT2D eigenvalue weighted by atomic mass is 79.9. The Balaban J connectivity index is 1.56. The van der Waals surface area contributed by atoms with E-state index in [0.717, 1.165) is 15.6 Å². The van der Waals surface area contributed by atoms with Crippen molar-refractivity contribution in [2.24, 2.45) is 0 Å². The first kappa shape index (κ1) is 19.9. The van der Waals surface area contributed by atoms with Crippen molar-refractivity contribution in [1.82, 2.24) is 14.5 Å². The zero-order valence-electron chi connectivity index (χ0n) is 15.1. The number of carbonyl (C=O) groups is 1. The van der Waals surface area contributed by atoms with Crippen LogP contribution in [0.2, 0.25) is 0 Å². The summed E-state index contributed by atoms with van der Waals surface area (Å²) in [7, 11) is -3.52. The number of carbonyl (C=O) groups excluding carboxylic acids is 1. The molecule has 0 atom stereocenters. The van der Waals surface area contributed by atoms with Gasteiger partial charge in [0.25, 0.3) is 0 Å². The Labute approximate surface area is 168 Å². The molecule has 2 amide bonds. The summed E-state index contributed by atoms with van der Waals surface area (Å²) in [5.41, 5.74) is 2.01. The zero-order valence-corrected chi connectivity index (χ0v) is 17.5. The van der Waals surface area contributed by atoms with Crippen LogP contribution in [0.5, 0.6) is 0 Å². The van der Waals surface area contributed by atoms with Crippen LogP contribution in [0, 0.1) is 6.92 Å². The zero-order chi connectivity index (χ0) is 19.4. The first-order valence-corrected chi connectivity index (χ1v) is 10.9. The number of hydrogen-bond acceptors (Lipinski definition) is 3. The fourth-order valence-corrected chi connectivity index (χ4v) is 4.76. The maximum atomic E-state index is 12.7. The summed E-state index contributed by atoms with van der Waals surface area (Å²) in [6.07, 6.45) is 0. The van der Waals surface area contributed by atoms with Gasteiger partial charge in [-0.1, -0.05) is 51.8 Å². The molecule has 3 rings (SSSR count). The van der Waals surface area contributed by atoms with Gasteiger partial charge in [-0.15, -0.1) is 0 Å². The average Bonchev–Trinajstić information content (AvgIpc) is 2.67. The molecule has 0 aliphatic carbocycles. The summed E-state index contributed by atoms with van der Waals surface area (Å²) in [4.78, 5) is 14.3. The smallest absolute Gasteiger partial charge is 0.317 e. The van der Waals surface area contributed by atoms with Crippen LogP contribution in [0.3, 0.4) is 0 Å². The van der Waals surface area contributed by atoms with Crippen molar-refractivity contribution in [3.05, 3.63) is 64.1 Å². The molecule has 0 aromatic heterocycles. The van der Waals surface area contributed by atoms with E-state index in [-0.39, 0.29) is 6.03 Å². The van der Waals surface area contributed by atoms with E-state index in [4.69, 9.17) is 0 Å². The molecule has 1 fully saturated rings. The van der Waals surface area contributed by atoms with Gasteiger partial charge in [-0.2, -0.15) is 4.31 Å². The Morgan fingerprint density at radius 3 is 2.30 bits per heavy atom. The quantitative estimate of drug-likeness (QED) is 0.776. The molecule has 0 unspecified atom stereocenters. The number of hydrogen-bond donors (Lipinski definition) is 1. The number of rotatable bonds is 4. The number of amides is 2. The molecule has 1 N–H and O–H groups in total. The van der Waals surface area contributed by atoms with Gasteiger partial charge in [0.05, 0.1) is 4.90 Å². The second-order valence-corrected chi connectivity index (χ2v) is 9.25. The molecule has 144 valence electrons.